The van der Waals surface area contributed by atoms with Crippen molar-refractivity contribution < 1.29 is 4.39 Å². The molecule has 1 aliphatic heterocycles. The maximum atomic E-state index is 14.4. The number of hydrogen-bond acceptors (Lipinski definition) is 2. The number of aryl methyl sites for hydroxylation is 1. The molecule has 1 aromatic heterocycles. The number of aliphatic imine (C=N–C) groups is 1. The molecule has 3 aromatic rings. The van der Waals surface area contributed by atoms with Crippen LogP contribution in [0.2, 0.25) is 5.02 Å². The third-order valence-corrected chi connectivity index (χ3v) is 4.61. The molecule has 0 fully saturated rings. The molecule has 5 heteroatoms. The first-order chi connectivity index (χ1) is 11.6. The number of nitrogens with zero attached hydrogens (tertiary/aromatic N) is 3. The summed E-state index contributed by atoms with van der Waals surface area (Å²) in [6, 6.07) is 12.3. The lowest BCUT2D eigenvalue weighted by Crippen LogP contribution is -2.09. The van der Waals surface area contributed by atoms with Crippen molar-refractivity contribution in [2.45, 2.75) is 20.4 Å². The van der Waals surface area contributed by atoms with E-state index in [1.165, 1.54) is 6.07 Å². The third kappa shape index (κ3) is 2.26. The van der Waals surface area contributed by atoms with Gasteiger partial charge in [0, 0.05) is 21.8 Å². The van der Waals surface area contributed by atoms with E-state index in [1.54, 1.807) is 12.1 Å². The summed E-state index contributed by atoms with van der Waals surface area (Å²) in [5, 5.41) is 0.593. The summed E-state index contributed by atoms with van der Waals surface area (Å²) in [6.45, 7) is 4.40. The standard InChI is InChI=1S/C19H15ClFN3/c1-11-12(2)24-17-8-7-13(20)9-15(17)19(22-10-18(24)23-11)14-5-3-4-6-16(14)21/h3-9H,10H2,1-2H3. The summed E-state index contributed by atoms with van der Waals surface area (Å²) >= 11 is 6.22. The highest BCUT2D eigenvalue weighted by molar-refractivity contribution is 6.31. The lowest BCUT2D eigenvalue weighted by molar-refractivity contribution is 0.625. The third-order valence-electron chi connectivity index (χ3n) is 4.38. The van der Waals surface area contributed by atoms with E-state index in [0.717, 1.165) is 28.5 Å². The predicted octanol–water partition coefficient (Wildman–Crippen LogP) is 4.63. The van der Waals surface area contributed by atoms with Gasteiger partial charge >= 0.3 is 0 Å². The number of aromatic nitrogens is 2. The van der Waals surface area contributed by atoms with Crippen molar-refractivity contribution in [2.75, 3.05) is 0 Å². The first-order valence-electron chi connectivity index (χ1n) is 7.70. The van der Waals surface area contributed by atoms with E-state index >= 15 is 0 Å². The fraction of sp³-hybridized carbons (Fsp3) is 0.158. The zero-order chi connectivity index (χ0) is 16.8. The second-order valence-electron chi connectivity index (χ2n) is 5.84. The Morgan fingerprint density at radius 2 is 1.88 bits per heavy atom. The van der Waals surface area contributed by atoms with Crippen molar-refractivity contribution in [3.05, 3.63) is 81.6 Å². The van der Waals surface area contributed by atoms with Crippen LogP contribution >= 0.6 is 11.6 Å². The van der Waals surface area contributed by atoms with Crippen molar-refractivity contribution in [3.63, 3.8) is 0 Å². The topological polar surface area (TPSA) is 30.2 Å². The van der Waals surface area contributed by atoms with Crippen molar-refractivity contribution in [1.82, 2.24) is 9.55 Å². The van der Waals surface area contributed by atoms with Crippen molar-refractivity contribution in [2.24, 2.45) is 4.99 Å². The minimum absolute atomic E-state index is 0.297. The van der Waals surface area contributed by atoms with Gasteiger partial charge in [-0.1, -0.05) is 23.7 Å². The van der Waals surface area contributed by atoms with Crippen LogP contribution in [0.1, 0.15) is 28.3 Å². The van der Waals surface area contributed by atoms with Crippen LogP contribution in [0.15, 0.2) is 47.5 Å². The first-order valence-corrected chi connectivity index (χ1v) is 8.08. The molecule has 0 N–H and O–H groups in total. The van der Waals surface area contributed by atoms with Crippen LogP contribution in [0.4, 0.5) is 4.39 Å². The minimum atomic E-state index is -0.297. The van der Waals surface area contributed by atoms with E-state index in [1.807, 2.05) is 38.1 Å². The van der Waals surface area contributed by atoms with Crippen molar-refractivity contribution >= 4 is 17.3 Å². The number of benzene rings is 2. The first kappa shape index (κ1) is 15.1. The van der Waals surface area contributed by atoms with Crippen molar-refractivity contribution in [1.29, 1.82) is 0 Å². The Kier molecular flexibility index (Phi) is 3.50. The molecule has 1 aliphatic rings. The lowest BCUT2D eigenvalue weighted by Gasteiger charge is -2.14. The molecule has 0 radical (unpaired) electrons. The fourth-order valence-electron chi connectivity index (χ4n) is 3.12. The van der Waals surface area contributed by atoms with Crippen LogP contribution in [0.3, 0.4) is 0 Å². The molecule has 24 heavy (non-hydrogen) atoms. The molecule has 0 saturated carbocycles. The Hall–Kier alpha value is -2.46. The maximum Gasteiger partial charge on any atom is 0.135 e. The van der Waals surface area contributed by atoms with Gasteiger partial charge in [-0.2, -0.15) is 0 Å². The minimum Gasteiger partial charge on any atom is -0.298 e. The molecule has 4 rings (SSSR count). The van der Waals surface area contributed by atoms with Crippen LogP contribution in [-0.2, 0) is 6.54 Å². The van der Waals surface area contributed by atoms with Crippen LogP contribution in [0.25, 0.3) is 5.69 Å². The van der Waals surface area contributed by atoms with Gasteiger partial charge in [-0.15, -0.1) is 0 Å². The van der Waals surface area contributed by atoms with E-state index in [2.05, 4.69) is 14.5 Å². The van der Waals surface area contributed by atoms with Gasteiger partial charge in [-0.05, 0) is 44.2 Å². The van der Waals surface area contributed by atoms with Gasteiger partial charge in [-0.3, -0.25) is 9.56 Å². The van der Waals surface area contributed by atoms with Gasteiger partial charge in [0.15, 0.2) is 0 Å². The van der Waals surface area contributed by atoms with Crippen LogP contribution in [0, 0.1) is 19.7 Å². The Morgan fingerprint density at radius 3 is 2.67 bits per heavy atom. The molecule has 0 saturated heterocycles. The SMILES string of the molecule is Cc1nc2n(c1C)-c1ccc(Cl)cc1C(c1ccccc1F)=NC2. The highest BCUT2D eigenvalue weighted by Crippen LogP contribution is 2.30. The average Bonchev–Trinajstić information content (AvgIpc) is 2.75. The highest BCUT2D eigenvalue weighted by Gasteiger charge is 2.23. The summed E-state index contributed by atoms with van der Waals surface area (Å²) in [4.78, 5) is 9.28. The monoisotopic (exact) mass is 339 g/mol. The lowest BCUT2D eigenvalue weighted by atomic mass is 10.00. The smallest absolute Gasteiger partial charge is 0.135 e. The van der Waals surface area contributed by atoms with Crippen LogP contribution < -0.4 is 0 Å². The summed E-state index contributed by atoms with van der Waals surface area (Å²) in [6.07, 6.45) is 0. The van der Waals surface area contributed by atoms with Crippen LogP contribution in [-0.4, -0.2) is 15.3 Å². The molecule has 120 valence electrons. The molecule has 0 unspecified atom stereocenters. The van der Waals surface area contributed by atoms with Gasteiger partial charge < -0.3 is 0 Å². The molecule has 0 bridgehead atoms. The average molecular weight is 340 g/mol. The van der Waals surface area contributed by atoms with E-state index in [9.17, 15) is 4.39 Å². The molecule has 2 aromatic carbocycles. The number of hydrogen-bond donors (Lipinski definition) is 0. The molecular weight excluding hydrogens is 325 g/mol. The zero-order valence-electron chi connectivity index (χ0n) is 13.3. The molecule has 2 heterocycles. The Morgan fingerprint density at radius 1 is 1.08 bits per heavy atom. The number of rotatable bonds is 1. The van der Waals surface area contributed by atoms with E-state index < -0.39 is 0 Å². The van der Waals surface area contributed by atoms with Gasteiger partial charge in [0.05, 0.1) is 23.6 Å². The second-order valence-corrected chi connectivity index (χ2v) is 6.28. The van der Waals surface area contributed by atoms with Crippen LogP contribution in [0.5, 0.6) is 0 Å². The summed E-state index contributed by atoms with van der Waals surface area (Å²) in [5.41, 5.74) is 4.84. The highest BCUT2D eigenvalue weighted by atomic mass is 35.5. The van der Waals surface area contributed by atoms with E-state index in [0.29, 0.717) is 22.8 Å². The molecule has 0 spiro atoms. The molecule has 0 aliphatic carbocycles. The number of halogens is 2. The summed E-state index contributed by atoms with van der Waals surface area (Å²) < 4.78 is 16.4. The van der Waals surface area contributed by atoms with Gasteiger partial charge in [0.2, 0.25) is 0 Å². The van der Waals surface area contributed by atoms with E-state index in [-0.39, 0.29) is 5.82 Å². The largest absolute Gasteiger partial charge is 0.298 e. The molecule has 3 nitrogen and oxygen atoms in total. The summed E-state index contributed by atoms with van der Waals surface area (Å²) in [5.74, 6) is 0.550. The Labute approximate surface area is 144 Å². The molecule has 0 atom stereocenters. The summed E-state index contributed by atoms with van der Waals surface area (Å²) in [7, 11) is 0. The van der Waals surface area contributed by atoms with Gasteiger partial charge in [0.25, 0.3) is 0 Å². The number of imidazole rings is 1. The number of fused-ring (bicyclic) bond motifs is 3. The van der Waals surface area contributed by atoms with Crippen molar-refractivity contribution in [3.8, 4) is 5.69 Å². The quantitative estimate of drug-likeness (QED) is 0.635. The zero-order valence-corrected chi connectivity index (χ0v) is 14.1. The fourth-order valence-corrected chi connectivity index (χ4v) is 3.29. The molecular formula is C19H15ClFN3. The second kappa shape index (κ2) is 5.56. The van der Waals surface area contributed by atoms with E-state index in [4.69, 9.17) is 11.6 Å². The molecule has 0 amide bonds. The Balaban J connectivity index is 2.03. The predicted molar refractivity (Wildman–Crippen MR) is 93.8 cm³/mol. The normalized spacial score (nSPS) is 13.1. The van der Waals surface area contributed by atoms with Gasteiger partial charge in [-0.25, -0.2) is 9.37 Å². The Bertz CT molecular complexity index is 988. The van der Waals surface area contributed by atoms with Gasteiger partial charge in [0.1, 0.15) is 11.6 Å². The maximum absolute atomic E-state index is 14.4.